The Hall–Kier alpha value is -1.30. The summed E-state index contributed by atoms with van der Waals surface area (Å²) >= 11 is 0. The molecule has 1 radical (unpaired) electrons. The van der Waals surface area contributed by atoms with Gasteiger partial charge in [-0.05, 0) is 35.2 Å². The molecular formula is C11H9. The van der Waals surface area contributed by atoms with E-state index in [1.54, 1.807) is 0 Å². The van der Waals surface area contributed by atoms with Gasteiger partial charge in [-0.2, -0.15) is 0 Å². The number of hydrogen-bond donors (Lipinski definition) is 0. The van der Waals surface area contributed by atoms with Crippen molar-refractivity contribution in [3.8, 4) is 0 Å². The summed E-state index contributed by atoms with van der Waals surface area (Å²) in [7, 11) is 0. The molecule has 0 heteroatoms. The average molecular weight is 141 g/mol. The zero-order chi connectivity index (χ0) is 7.68. The maximum Gasteiger partial charge on any atom is -0.00877 e. The number of fused-ring (bicyclic) bond motifs is 1. The molecule has 53 valence electrons. The molecule has 1 aromatic rings. The highest BCUT2D eigenvalue weighted by atomic mass is 14.1. The predicted molar refractivity (Wildman–Crippen MR) is 48.1 cm³/mol. The van der Waals surface area contributed by atoms with Crippen molar-refractivity contribution in [2.45, 2.75) is 6.42 Å². The van der Waals surface area contributed by atoms with Gasteiger partial charge in [0.1, 0.15) is 0 Å². The first kappa shape index (κ1) is 6.41. The van der Waals surface area contributed by atoms with Crippen LogP contribution in [-0.4, -0.2) is 0 Å². The van der Waals surface area contributed by atoms with E-state index in [9.17, 15) is 0 Å². The van der Waals surface area contributed by atoms with Gasteiger partial charge in [0.2, 0.25) is 0 Å². The second-order valence-corrected chi connectivity index (χ2v) is 2.66. The SMILES string of the molecule is C=Cc1c[c]cc2c1C=CC2. The van der Waals surface area contributed by atoms with Crippen molar-refractivity contribution >= 4 is 12.2 Å². The van der Waals surface area contributed by atoms with Crippen LogP contribution in [-0.2, 0) is 6.42 Å². The lowest BCUT2D eigenvalue weighted by atomic mass is 10.0. The molecule has 0 aromatic heterocycles. The van der Waals surface area contributed by atoms with Crippen molar-refractivity contribution in [3.63, 3.8) is 0 Å². The Morgan fingerprint density at radius 3 is 3.18 bits per heavy atom. The summed E-state index contributed by atoms with van der Waals surface area (Å²) in [5.41, 5.74) is 3.87. The van der Waals surface area contributed by atoms with Crippen LogP contribution in [0, 0.1) is 6.07 Å². The van der Waals surface area contributed by atoms with Gasteiger partial charge in [-0.15, -0.1) is 0 Å². The van der Waals surface area contributed by atoms with Crippen LogP contribution in [0.1, 0.15) is 16.7 Å². The van der Waals surface area contributed by atoms with Crippen LogP contribution in [0.25, 0.3) is 12.2 Å². The standard InChI is InChI=1S/C11H9/c1-2-9-5-3-6-10-7-4-8-11(9)10/h2,4-6,8H,1,7H2. The van der Waals surface area contributed by atoms with Crippen molar-refractivity contribution < 1.29 is 0 Å². The van der Waals surface area contributed by atoms with Gasteiger partial charge in [0.25, 0.3) is 0 Å². The molecule has 0 atom stereocenters. The smallest absolute Gasteiger partial charge is 0.00877 e. The number of allylic oxidation sites excluding steroid dienone is 1. The van der Waals surface area contributed by atoms with Crippen LogP contribution in [0.15, 0.2) is 24.8 Å². The molecule has 1 aromatic carbocycles. The summed E-state index contributed by atoms with van der Waals surface area (Å²) in [6, 6.07) is 7.12. The van der Waals surface area contributed by atoms with Gasteiger partial charge in [0, 0.05) is 0 Å². The minimum Gasteiger partial charge on any atom is -0.0984 e. The van der Waals surface area contributed by atoms with Crippen molar-refractivity contribution in [1.82, 2.24) is 0 Å². The molecule has 0 heterocycles. The molecular weight excluding hydrogens is 132 g/mol. The van der Waals surface area contributed by atoms with Crippen LogP contribution in [0.4, 0.5) is 0 Å². The van der Waals surface area contributed by atoms with Gasteiger partial charge in [-0.3, -0.25) is 0 Å². The molecule has 0 fully saturated rings. The zero-order valence-electron chi connectivity index (χ0n) is 6.30. The van der Waals surface area contributed by atoms with E-state index in [2.05, 4.69) is 24.8 Å². The molecule has 0 bridgehead atoms. The molecule has 0 aliphatic heterocycles. The van der Waals surface area contributed by atoms with E-state index in [1.165, 1.54) is 16.7 Å². The Morgan fingerprint density at radius 1 is 1.45 bits per heavy atom. The largest absolute Gasteiger partial charge is 0.0984 e. The number of hydrogen-bond acceptors (Lipinski definition) is 0. The minimum atomic E-state index is 1.05. The number of benzene rings is 1. The molecule has 1 aliphatic rings. The third-order valence-corrected chi connectivity index (χ3v) is 2.00. The third kappa shape index (κ3) is 0.911. The molecule has 0 saturated carbocycles. The maximum atomic E-state index is 3.75. The zero-order valence-corrected chi connectivity index (χ0v) is 6.30. The first-order valence-corrected chi connectivity index (χ1v) is 3.74. The van der Waals surface area contributed by atoms with E-state index in [-0.39, 0.29) is 0 Å². The van der Waals surface area contributed by atoms with Crippen molar-refractivity contribution in [3.05, 3.63) is 47.5 Å². The average Bonchev–Trinajstić information content (AvgIpc) is 2.50. The quantitative estimate of drug-likeness (QED) is 0.564. The Labute approximate surface area is 66.9 Å². The summed E-state index contributed by atoms with van der Waals surface area (Å²) in [6.07, 6.45) is 7.25. The van der Waals surface area contributed by atoms with E-state index in [0.717, 1.165) is 6.42 Å². The second-order valence-electron chi connectivity index (χ2n) is 2.66. The first-order chi connectivity index (χ1) is 5.42. The van der Waals surface area contributed by atoms with E-state index >= 15 is 0 Å². The van der Waals surface area contributed by atoms with Crippen molar-refractivity contribution in [1.29, 1.82) is 0 Å². The summed E-state index contributed by atoms with van der Waals surface area (Å²) in [5, 5.41) is 0. The van der Waals surface area contributed by atoms with Gasteiger partial charge < -0.3 is 0 Å². The van der Waals surface area contributed by atoms with E-state index < -0.39 is 0 Å². The van der Waals surface area contributed by atoms with Gasteiger partial charge in [0.05, 0.1) is 0 Å². The predicted octanol–water partition coefficient (Wildman–Crippen LogP) is 2.70. The van der Waals surface area contributed by atoms with Crippen LogP contribution in [0.3, 0.4) is 0 Å². The van der Waals surface area contributed by atoms with Crippen LogP contribution in [0.2, 0.25) is 0 Å². The summed E-state index contributed by atoms with van der Waals surface area (Å²) in [6.45, 7) is 3.75. The molecule has 2 rings (SSSR count). The fourth-order valence-corrected chi connectivity index (χ4v) is 1.42. The Bertz CT molecular complexity index is 319. The topological polar surface area (TPSA) is 0 Å². The molecule has 1 aliphatic carbocycles. The fourth-order valence-electron chi connectivity index (χ4n) is 1.42. The van der Waals surface area contributed by atoms with Gasteiger partial charge >= 0.3 is 0 Å². The van der Waals surface area contributed by atoms with Gasteiger partial charge in [-0.25, -0.2) is 0 Å². The third-order valence-electron chi connectivity index (χ3n) is 2.00. The lowest BCUT2D eigenvalue weighted by Crippen LogP contribution is -1.84. The van der Waals surface area contributed by atoms with Crippen molar-refractivity contribution in [2.24, 2.45) is 0 Å². The monoisotopic (exact) mass is 141 g/mol. The molecule has 11 heavy (non-hydrogen) atoms. The summed E-state index contributed by atoms with van der Waals surface area (Å²) in [5.74, 6) is 0. The molecule has 0 spiro atoms. The van der Waals surface area contributed by atoms with Crippen LogP contribution >= 0.6 is 0 Å². The van der Waals surface area contributed by atoms with Gasteiger partial charge in [0.15, 0.2) is 0 Å². The highest BCUT2D eigenvalue weighted by Gasteiger charge is 2.06. The van der Waals surface area contributed by atoms with E-state index in [0.29, 0.717) is 0 Å². The number of rotatable bonds is 1. The highest BCUT2D eigenvalue weighted by molar-refractivity contribution is 5.70. The van der Waals surface area contributed by atoms with Crippen LogP contribution < -0.4 is 0 Å². The van der Waals surface area contributed by atoms with E-state index in [4.69, 9.17) is 0 Å². The maximum absolute atomic E-state index is 3.75. The van der Waals surface area contributed by atoms with Gasteiger partial charge in [-0.1, -0.05) is 30.9 Å². The highest BCUT2D eigenvalue weighted by Crippen LogP contribution is 2.23. The molecule has 0 amide bonds. The fraction of sp³-hybridized carbons (Fsp3) is 0.0909. The molecule has 0 unspecified atom stereocenters. The molecule has 0 nitrogen and oxygen atoms in total. The normalized spacial score (nSPS) is 13.1. The Balaban J connectivity index is 2.66. The first-order valence-electron chi connectivity index (χ1n) is 3.74. The lowest BCUT2D eigenvalue weighted by molar-refractivity contribution is 1.30. The summed E-state index contributed by atoms with van der Waals surface area (Å²) < 4.78 is 0. The van der Waals surface area contributed by atoms with E-state index in [1.807, 2.05) is 18.2 Å². The minimum absolute atomic E-state index is 1.05. The summed E-state index contributed by atoms with van der Waals surface area (Å²) in [4.78, 5) is 0. The van der Waals surface area contributed by atoms with Crippen LogP contribution in [0.5, 0.6) is 0 Å². The lowest BCUT2D eigenvalue weighted by Gasteiger charge is -2.00. The second kappa shape index (κ2) is 2.39. The Kier molecular flexibility index (Phi) is 1.39. The van der Waals surface area contributed by atoms with Crippen molar-refractivity contribution in [2.75, 3.05) is 0 Å². The molecule has 0 saturated heterocycles. The Morgan fingerprint density at radius 2 is 2.36 bits per heavy atom. The molecule has 0 N–H and O–H groups in total.